The molecule has 0 fully saturated rings. The van der Waals surface area contributed by atoms with Crippen LogP contribution in [-0.2, 0) is 6.54 Å². The average molecular weight is 279 g/mol. The molecular weight excluding hydrogens is 262 g/mol. The molecule has 0 saturated carbocycles. The minimum absolute atomic E-state index is 0.243. The molecule has 0 saturated heterocycles. The third kappa shape index (κ3) is 2.41. The van der Waals surface area contributed by atoms with E-state index in [1.165, 1.54) is 0 Å². The first-order valence-electron chi connectivity index (χ1n) is 6.80. The van der Waals surface area contributed by atoms with Gasteiger partial charge in [0.2, 0.25) is 0 Å². The van der Waals surface area contributed by atoms with Crippen LogP contribution in [0, 0.1) is 0 Å². The van der Waals surface area contributed by atoms with Gasteiger partial charge in [-0.3, -0.25) is 4.98 Å². The van der Waals surface area contributed by atoms with Crippen LogP contribution in [0.5, 0.6) is 5.75 Å². The molecule has 106 valence electrons. The number of phenols is 1. The van der Waals surface area contributed by atoms with Crippen LogP contribution >= 0.6 is 0 Å². The number of nitrogens with two attached hydrogens (primary N) is 1. The van der Waals surface area contributed by atoms with Crippen LogP contribution < -0.4 is 10.6 Å². The molecule has 3 N–H and O–H groups in total. The quantitative estimate of drug-likeness (QED) is 0.773. The Bertz CT molecular complexity index is 786. The smallest absolute Gasteiger partial charge is 0.117 e. The fraction of sp³-hybridized carbons (Fsp3) is 0.118. The maximum Gasteiger partial charge on any atom is 0.117 e. The molecule has 0 aliphatic rings. The normalized spacial score (nSPS) is 10.8. The molecular formula is C17H17N3O. The summed E-state index contributed by atoms with van der Waals surface area (Å²) < 4.78 is 0. The van der Waals surface area contributed by atoms with Crippen molar-refractivity contribution in [2.75, 3.05) is 11.9 Å². The Morgan fingerprint density at radius 3 is 2.71 bits per heavy atom. The fourth-order valence-electron chi connectivity index (χ4n) is 2.54. The van der Waals surface area contributed by atoms with Gasteiger partial charge >= 0.3 is 0 Å². The van der Waals surface area contributed by atoms with Gasteiger partial charge in [-0.15, -0.1) is 0 Å². The summed E-state index contributed by atoms with van der Waals surface area (Å²) in [5.74, 6) is 0.243. The van der Waals surface area contributed by atoms with Crippen LogP contribution in [0.2, 0.25) is 0 Å². The molecule has 2 aromatic carbocycles. The summed E-state index contributed by atoms with van der Waals surface area (Å²) in [6.45, 7) is 0.413. The van der Waals surface area contributed by atoms with Crippen molar-refractivity contribution in [2.24, 2.45) is 5.73 Å². The van der Waals surface area contributed by atoms with Crippen LogP contribution in [0.1, 0.15) is 5.56 Å². The van der Waals surface area contributed by atoms with E-state index in [1.807, 2.05) is 54.5 Å². The van der Waals surface area contributed by atoms with E-state index in [0.717, 1.165) is 27.8 Å². The second kappa shape index (κ2) is 5.42. The number of rotatable bonds is 3. The maximum atomic E-state index is 9.68. The van der Waals surface area contributed by atoms with E-state index in [-0.39, 0.29) is 5.75 Å². The van der Waals surface area contributed by atoms with E-state index in [9.17, 15) is 5.11 Å². The SMILES string of the molecule is CN(c1cccc(O)c1)c1c(CN)cnc2ccccc12. The number of fused-ring (bicyclic) bond motifs is 1. The Morgan fingerprint density at radius 1 is 1.14 bits per heavy atom. The number of hydrogen-bond acceptors (Lipinski definition) is 4. The van der Waals surface area contributed by atoms with Crippen molar-refractivity contribution in [3.63, 3.8) is 0 Å². The second-order valence-corrected chi connectivity index (χ2v) is 4.93. The molecule has 0 radical (unpaired) electrons. The molecule has 0 aliphatic heterocycles. The molecule has 4 heteroatoms. The molecule has 3 rings (SSSR count). The third-order valence-corrected chi connectivity index (χ3v) is 3.60. The molecule has 21 heavy (non-hydrogen) atoms. The van der Waals surface area contributed by atoms with Crippen molar-refractivity contribution in [1.29, 1.82) is 0 Å². The molecule has 1 aromatic heterocycles. The number of benzene rings is 2. The van der Waals surface area contributed by atoms with Gasteiger partial charge in [0.15, 0.2) is 0 Å². The van der Waals surface area contributed by atoms with Gasteiger partial charge in [0.05, 0.1) is 11.2 Å². The third-order valence-electron chi connectivity index (χ3n) is 3.60. The molecule has 0 aliphatic carbocycles. The minimum atomic E-state index is 0.243. The van der Waals surface area contributed by atoms with Crippen molar-refractivity contribution < 1.29 is 5.11 Å². The first kappa shape index (κ1) is 13.4. The molecule has 0 amide bonds. The predicted molar refractivity (Wildman–Crippen MR) is 85.8 cm³/mol. The Labute approximate surface area is 123 Å². The standard InChI is InChI=1S/C17H17N3O/c1-20(13-5-4-6-14(21)9-13)17-12(10-18)11-19-16-8-3-2-7-15(16)17/h2-9,11,21H,10,18H2,1H3. The highest BCUT2D eigenvalue weighted by molar-refractivity contribution is 5.95. The lowest BCUT2D eigenvalue weighted by atomic mass is 10.1. The lowest BCUT2D eigenvalue weighted by Gasteiger charge is -2.24. The minimum Gasteiger partial charge on any atom is -0.508 e. The van der Waals surface area contributed by atoms with Crippen LogP contribution in [-0.4, -0.2) is 17.1 Å². The van der Waals surface area contributed by atoms with E-state index in [1.54, 1.807) is 12.1 Å². The van der Waals surface area contributed by atoms with Crippen molar-refractivity contribution >= 4 is 22.3 Å². The van der Waals surface area contributed by atoms with Gasteiger partial charge in [-0.2, -0.15) is 0 Å². The highest BCUT2D eigenvalue weighted by Crippen LogP contribution is 2.34. The predicted octanol–water partition coefficient (Wildman–Crippen LogP) is 3.17. The summed E-state index contributed by atoms with van der Waals surface area (Å²) >= 11 is 0. The van der Waals surface area contributed by atoms with Gasteiger partial charge < -0.3 is 15.7 Å². The Kier molecular flexibility index (Phi) is 3.46. The zero-order chi connectivity index (χ0) is 14.8. The van der Waals surface area contributed by atoms with E-state index in [4.69, 9.17) is 5.73 Å². The summed E-state index contributed by atoms with van der Waals surface area (Å²) in [4.78, 5) is 6.48. The summed E-state index contributed by atoms with van der Waals surface area (Å²) in [7, 11) is 1.97. The molecule has 1 heterocycles. The lowest BCUT2D eigenvalue weighted by Crippen LogP contribution is -2.14. The van der Waals surface area contributed by atoms with E-state index in [2.05, 4.69) is 4.98 Å². The van der Waals surface area contributed by atoms with Gasteiger partial charge in [0.25, 0.3) is 0 Å². The van der Waals surface area contributed by atoms with Gasteiger partial charge in [-0.05, 0) is 18.2 Å². The first-order chi connectivity index (χ1) is 10.2. The summed E-state index contributed by atoms with van der Waals surface area (Å²) in [5, 5.41) is 10.7. The largest absolute Gasteiger partial charge is 0.508 e. The van der Waals surface area contributed by atoms with Gasteiger partial charge in [0.1, 0.15) is 5.75 Å². The number of aromatic hydroxyl groups is 1. The van der Waals surface area contributed by atoms with E-state index in [0.29, 0.717) is 6.54 Å². The van der Waals surface area contributed by atoms with Crippen LogP contribution in [0.25, 0.3) is 10.9 Å². The average Bonchev–Trinajstić information content (AvgIpc) is 2.53. The van der Waals surface area contributed by atoms with Crippen molar-refractivity contribution in [1.82, 2.24) is 4.98 Å². The lowest BCUT2D eigenvalue weighted by molar-refractivity contribution is 0.475. The van der Waals surface area contributed by atoms with Crippen molar-refractivity contribution in [3.05, 3.63) is 60.3 Å². The number of hydrogen-bond donors (Lipinski definition) is 2. The topological polar surface area (TPSA) is 62.4 Å². The van der Waals surface area contributed by atoms with Crippen LogP contribution in [0.3, 0.4) is 0 Å². The first-order valence-corrected chi connectivity index (χ1v) is 6.80. The summed E-state index contributed by atoms with van der Waals surface area (Å²) in [5.41, 5.74) is 9.70. The van der Waals surface area contributed by atoms with Crippen molar-refractivity contribution in [3.8, 4) is 5.75 Å². The zero-order valence-electron chi connectivity index (χ0n) is 11.8. The van der Waals surface area contributed by atoms with Crippen LogP contribution in [0.15, 0.2) is 54.7 Å². The van der Waals surface area contributed by atoms with Crippen LogP contribution in [0.4, 0.5) is 11.4 Å². The Hall–Kier alpha value is -2.59. The molecule has 0 unspecified atom stereocenters. The number of nitrogens with zero attached hydrogens (tertiary/aromatic N) is 2. The number of anilines is 2. The monoisotopic (exact) mass is 279 g/mol. The van der Waals surface area contributed by atoms with E-state index < -0.39 is 0 Å². The maximum absolute atomic E-state index is 9.68. The number of para-hydroxylation sites is 1. The van der Waals surface area contributed by atoms with Crippen molar-refractivity contribution in [2.45, 2.75) is 6.54 Å². The second-order valence-electron chi connectivity index (χ2n) is 4.93. The summed E-state index contributed by atoms with van der Waals surface area (Å²) in [6.07, 6.45) is 1.82. The van der Waals surface area contributed by atoms with Gasteiger partial charge in [-0.1, -0.05) is 24.3 Å². The molecule has 0 spiro atoms. The van der Waals surface area contributed by atoms with E-state index >= 15 is 0 Å². The number of aromatic nitrogens is 1. The fourth-order valence-corrected chi connectivity index (χ4v) is 2.54. The molecule has 0 atom stereocenters. The highest BCUT2D eigenvalue weighted by Gasteiger charge is 2.13. The van der Waals surface area contributed by atoms with Gasteiger partial charge in [-0.25, -0.2) is 0 Å². The highest BCUT2D eigenvalue weighted by atomic mass is 16.3. The number of phenolic OH excluding ortho intramolecular Hbond substituents is 1. The Morgan fingerprint density at radius 2 is 1.95 bits per heavy atom. The molecule has 4 nitrogen and oxygen atoms in total. The van der Waals surface area contributed by atoms with Gasteiger partial charge in [0, 0.05) is 42.5 Å². The Balaban J connectivity index is 2.22. The zero-order valence-corrected chi connectivity index (χ0v) is 11.8. The number of pyridine rings is 1. The molecule has 3 aromatic rings. The summed E-state index contributed by atoms with van der Waals surface area (Å²) in [6, 6.07) is 15.1. The molecule has 0 bridgehead atoms.